The molecular weight excluding hydrogens is 694 g/mol. The van der Waals surface area contributed by atoms with E-state index in [1.165, 1.54) is 19.4 Å². The van der Waals surface area contributed by atoms with Gasteiger partial charge in [0.25, 0.3) is 0 Å². The van der Waals surface area contributed by atoms with E-state index in [2.05, 4.69) is 66.8 Å². The van der Waals surface area contributed by atoms with Gasteiger partial charge >= 0.3 is 5.97 Å². The number of alkyl halides is 1. The first-order valence-corrected chi connectivity index (χ1v) is 18.1. The van der Waals surface area contributed by atoms with Crippen LogP contribution in [-0.4, -0.2) is 41.7 Å². The Morgan fingerprint density at radius 1 is 1.14 bits per heavy atom. The molecule has 8 nitrogen and oxygen atoms in total. The van der Waals surface area contributed by atoms with Crippen molar-refractivity contribution in [1.82, 2.24) is 9.55 Å². The normalized spacial score (nSPS) is 13.7. The first-order chi connectivity index (χ1) is 19.9. The van der Waals surface area contributed by atoms with E-state index in [0.29, 0.717) is 12.1 Å². The fourth-order valence-corrected chi connectivity index (χ4v) is 8.49. The number of anilines is 1. The number of nitrogens with zero attached hydrogens (tertiary/aromatic N) is 2. The molecule has 0 spiro atoms. The number of methoxy groups -OCH3 is 1. The van der Waals surface area contributed by atoms with Crippen molar-refractivity contribution in [1.29, 1.82) is 0 Å². The summed E-state index contributed by atoms with van der Waals surface area (Å²) in [6.07, 6.45) is 1.46. The predicted molar refractivity (Wildman–Crippen MR) is 172 cm³/mol. The van der Waals surface area contributed by atoms with E-state index >= 15 is 0 Å². The summed E-state index contributed by atoms with van der Waals surface area (Å²) in [5.74, 6) is -4.00. The Bertz CT molecular complexity index is 1540. The highest BCUT2D eigenvalue weighted by atomic mass is 127. The molecule has 0 saturated carbocycles. The Kier molecular flexibility index (Phi) is 11.0. The van der Waals surface area contributed by atoms with E-state index in [4.69, 9.17) is 13.9 Å². The summed E-state index contributed by atoms with van der Waals surface area (Å²) in [7, 11) is -0.848. The maximum Gasteiger partial charge on any atom is 0.343 e. The van der Waals surface area contributed by atoms with Crippen molar-refractivity contribution in [2.24, 2.45) is 5.92 Å². The summed E-state index contributed by atoms with van der Waals surface area (Å²) in [6.45, 7) is 16.3. The molecule has 2 aromatic heterocycles. The quantitative estimate of drug-likeness (QED) is 0.0941. The first kappa shape index (κ1) is 34.8. The predicted octanol–water partition coefficient (Wildman–Crippen LogP) is 7.59. The summed E-state index contributed by atoms with van der Waals surface area (Å²) in [4.78, 5) is 31.3. The Hall–Kier alpha value is -2.65. The van der Waals surface area contributed by atoms with Crippen LogP contribution in [-0.2, 0) is 15.7 Å². The van der Waals surface area contributed by atoms with Gasteiger partial charge in [0.05, 0.1) is 25.1 Å². The number of carbonyl (C=O) groups is 1. The van der Waals surface area contributed by atoms with Crippen LogP contribution in [0.25, 0.3) is 11.0 Å². The molecule has 236 valence electrons. The van der Waals surface area contributed by atoms with Crippen molar-refractivity contribution >= 4 is 53.6 Å². The lowest BCUT2D eigenvalue weighted by molar-refractivity contribution is 0.0523. The fourth-order valence-electron chi connectivity index (χ4n) is 4.35. The van der Waals surface area contributed by atoms with Crippen LogP contribution in [0.4, 0.5) is 18.9 Å². The average Bonchev–Trinajstić information content (AvgIpc) is 2.88. The number of nitrogens with one attached hydrogen (secondary N) is 1. The molecule has 43 heavy (non-hydrogen) atoms. The Balaban J connectivity index is 2.25. The zero-order valence-electron chi connectivity index (χ0n) is 25.9. The Labute approximate surface area is 264 Å². The van der Waals surface area contributed by atoms with Crippen molar-refractivity contribution in [2.75, 3.05) is 19.0 Å². The van der Waals surface area contributed by atoms with Gasteiger partial charge in [-0.3, -0.25) is 4.79 Å². The zero-order chi connectivity index (χ0) is 32.4. The first-order valence-electron chi connectivity index (χ1n) is 13.9. The van der Waals surface area contributed by atoms with Crippen LogP contribution in [0.1, 0.15) is 63.5 Å². The molecular formula is C30H39F3IN3O5Si. The van der Waals surface area contributed by atoms with Crippen LogP contribution in [0.3, 0.4) is 0 Å². The molecule has 0 bridgehead atoms. The van der Waals surface area contributed by atoms with Crippen LogP contribution >= 0.6 is 22.6 Å². The molecule has 0 aliphatic rings. The van der Waals surface area contributed by atoms with E-state index in [-0.39, 0.29) is 62.3 Å². The summed E-state index contributed by atoms with van der Waals surface area (Å²) in [5, 5.41) is 2.63. The highest BCUT2D eigenvalue weighted by Gasteiger charge is 2.41. The van der Waals surface area contributed by atoms with E-state index in [0.717, 1.165) is 0 Å². The number of carbonyl (C=O) groups excluding carboxylic acids is 1. The largest absolute Gasteiger partial charge is 0.481 e. The van der Waals surface area contributed by atoms with Gasteiger partial charge in [-0.05, 0) is 37.0 Å². The van der Waals surface area contributed by atoms with Gasteiger partial charge in [-0.15, -0.1) is 0 Å². The van der Waals surface area contributed by atoms with Crippen molar-refractivity contribution in [3.63, 3.8) is 0 Å². The van der Waals surface area contributed by atoms with Crippen LogP contribution in [0.15, 0.2) is 29.2 Å². The van der Waals surface area contributed by atoms with Gasteiger partial charge in [-0.25, -0.2) is 18.0 Å². The molecule has 1 aromatic carbocycles. The molecule has 3 rings (SSSR count). The third-order valence-corrected chi connectivity index (χ3v) is 13.6. The van der Waals surface area contributed by atoms with Gasteiger partial charge in [-0.1, -0.05) is 57.2 Å². The van der Waals surface area contributed by atoms with E-state index < -0.39 is 42.9 Å². The zero-order valence-corrected chi connectivity index (χ0v) is 29.1. The smallest absolute Gasteiger partial charge is 0.343 e. The third-order valence-electron chi connectivity index (χ3n) is 7.68. The maximum absolute atomic E-state index is 14.3. The molecule has 0 aliphatic heterocycles. The monoisotopic (exact) mass is 733 g/mol. The molecule has 0 fully saturated rings. The molecule has 0 saturated heterocycles. The lowest BCUT2D eigenvalue weighted by Crippen LogP contribution is -2.45. The fraction of sp³-hybridized carbons (Fsp3) is 0.500. The molecule has 0 aliphatic carbocycles. The van der Waals surface area contributed by atoms with Crippen LogP contribution in [0.5, 0.6) is 5.88 Å². The number of pyridine rings is 2. The minimum absolute atomic E-state index is 0.0222. The van der Waals surface area contributed by atoms with Gasteiger partial charge in [-0.2, -0.15) is 4.98 Å². The number of benzene rings is 1. The van der Waals surface area contributed by atoms with Crippen LogP contribution < -0.4 is 15.5 Å². The van der Waals surface area contributed by atoms with Crippen molar-refractivity contribution in [3.05, 3.63) is 63.2 Å². The number of fused-ring (bicyclic) bond motifs is 1. The summed E-state index contributed by atoms with van der Waals surface area (Å²) >= 11 is 2.26. The standard InChI is InChI=1S/C30H39F3IN3O5Si/c1-10-41-29(39)20-15-37(24(16(2)3)26(34)42-43(8,9)30(4,5)6)27-19(25(20)38)11-17(28(36-27)40-7)14-35-23-21(32)12-18(31)13-22(23)33/h11-13,15-16,24,26,35H,10,14H2,1-9H3. The minimum Gasteiger partial charge on any atom is -0.481 e. The van der Waals surface area contributed by atoms with Gasteiger partial charge in [0.15, 0.2) is 20.0 Å². The van der Waals surface area contributed by atoms with Gasteiger partial charge in [0.1, 0.15) is 26.8 Å². The molecule has 0 radical (unpaired) electrons. The molecule has 2 unspecified atom stereocenters. The molecule has 0 amide bonds. The number of esters is 1. The topological polar surface area (TPSA) is 91.7 Å². The number of halogens is 4. The second kappa shape index (κ2) is 13.5. The van der Waals surface area contributed by atoms with E-state index in [1.807, 2.05) is 13.8 Å². The van der Waals surface area contributed by atoms with Crippen molar-refractivity contribution in [3.8, 4) is 5.88 Å². The molecule has 2 heterocycles. The minimum atomic E-state index is -2.23. The summed E-state index contributed by atoms with van der Waals surface area (Å²) in [6, 6.07) is 2.23. The summed E-state index contributed by atoms with van der Waals surface area (Å²) < 4.78 is 60.9. The van der Waals surface area contributed by atoms with Gasteiger partial charge in [0.2, 0.25) is 11.3 Å². The molecule has 13 heteroatoms. The Morgan fingerprint density at radius 2 is 1.74 bits per heavy atom. The van der Waals surface area contributed by atoms with Gasteiger partial charge < -0.3 is 23.8 Å². The number of ether oxygens (including phenoxy) is 2. The van der Waals surface area contributed by atoms with Gasteiger partial charge in [0, 0.05) is 30.4 Å². The van der Waals surface area contributed by atoms with Crippen LogP contribution in [0, 0.1) is 23.4 Å². The second-order valence-corrected chi connectivity index (χ2v) is 18.1. The maximum atomic E-state index is 14.3. The number of aromatic nitrogens is 2. The van der Waals surface area contributed by atoms with E-state index in [1.54, 1.807) is 11.5 Å². The molecule has 3 aromatic rings. The highest BCUT2D eigenvalue weighted by Crippen LogP contribution is 2.41. The van der Waals surface area contributed by atoms with Crippen molar-refractivity contribution in [2.45, 2.75) is 76.4 Å². The highest BCUT2D eigenvalue weighted by molar-refractivity contribution is 14.1. The average molecular weight is 734 g/mol. The molecule has 1 N–H and O–H groups in total. The number of hydrogen-bond acceptors (Lipinski definition) is 7. The lowest BCUT2D eigenvalue weighted by atomic mass is 10.0. The molecule has 2 atom stereocenters. The second-order valence-electron chi connectivity index (χ2n) is 12.1. The van der Waals surface area contributed by atoms with Crippen molar-refractivity contribution < 1.29 is 31.9 Å². The lowest BCUT2D eigenvalue weighted by Gasteiger charge is -2.41. The summed E-state index contributed by atoms with van der Waals surface area (Å²) in [5.41, 5.74) is -0.809. The third kappa shape index (κ3) is 7.53. The number of hydrogen-bond donors (Lipinski definition) is 1. The van der Waals surface area contributed by atoms with Crippen LogP contribution in [0.2, 0.25) is 18.1 Å². The van der Waals surface area contributed by atoms with E-state index in [9.17, 15) is 22.8 Å². The SMILES string of the molecule is CCOC(=O)c1cn(C(C(C)C)C(I)O[Si](C)(C)C(C)(C)C)c2nc(OC)c(CNc3c(F)cc(F)cc3F)cc2c1=O. The number of rotatable bonds is 11. The Morgan fingerprint density at radius 3 is 2.26 bits per heavy atom.